The number of esters is 1. The molecule has 1 aromatic rings. The number of carbonyl (C=O) groups is 2. The van der Waals surface area contributed by atoms with Crippen LogP contribution in [-0.2, 0) is 18.9 Å². The fourth-order valence-corrected chi connectivity index (χ4v) is 5.08. The summed E-state index contributed by atoms with van der Waals surface area (Å²) in [6, 6.07) is 3.48. The van der Waals surface area contributed by atoms with E-state index in [1.165, 1.54) is 0 Å². The van der Waals surface area contributed by atoms with Crippen LogP contribution in [0.3, 0.4) is 0 Å². The summed E-state index contributed by atoms with van der Waals surface area (Å²) in [5.41, 5.74) is 0.747. The van der Waals surface area contributed by atoms with Gasteiger partial charge in [0.25, 0.3) is 0 Å². The van der Waals surface area contributed by atoms with Crippen LogP contribution in [0.25, 0.3) is 6.08 Å². The van der Waals surface area contributed by atoms with Crippen LogP contribution in [0.2, 0.25) is 0 Å². The lowest BCUT2D eigenvalue weighted by Crippen LogP contribution is -2.40. The molecule has 5 atom stereocenters. The molecule has 0 aliphatic carbocycles. The van der Waals surface area contributed by atoms with Gasteiger partial charge >= 0.3 is 12.1 Å². The summed E-state index contributed by atoms with van der Waals surface area (Å²) in [6.07, 6.45) is 7.71. The number of aliphatic hydroxyl groups excluding tert-OH is 1. The first-order valence-corrected chi connectivity index (χ1v) is 15.3. The molecule has 0 unspecified atom stereocenters. The van der Waals surface area contributed by atoms with Gasteiger partial charge in [-0.05, 0) is 71.9 Å². The molecule has 1 saturated heterocycles. The van der Waals surface area contributed by atoms with Crippen molar-refractivity contribution in [1.82, 2.24) is 0 Å². The number of rotatable bonds is 10. The molecule has 1 aromatic carbocycles. The lowest BCUT2D eigenvalue weighted by atomic mass is 9.94. The second-order valence-electron chi connectivity index (χ2n) is 13.6. The van der Waals surface area contributed by atoms with Gasteiger partial charge in [-0.15, -0.1) is 0 Å². The number of anilines is 1. The van der Waals surface area contributed by atoms with E-state index in [1.54, 1.807) is 37.8 Å². The second kappa shape index (κ2) is 13.4. The van der Waals surface area contributed by atoms with Crippen molar-refractivity contribution in [2.45, 2.75) is 124 Å². The number of fused-ring (bicyclic) bond motifs is 1. The van der Waals surface area contributed by atoms with E-state index in [0.29, 0.717) is 42.0 Å². The van der Waals surface area contributed by atoms with Crippen molar-refractivity contribution in [2.75, 3.05) is 11.4 Å². The number of aliphatic hydroxyl groups is 1. The van der Waals surface area contributed by atoms with E-state index in [9.17, 15) is 14.7 Å². The summed E-state index contributed by atoms with van der Waals surface area (Å²) in [5.74, 6) is -2.00. The van der Waals surface area contributed by atoms with Crippen molar-refractivity contribution in [3.8, 4) is 5.75 Å². The van der Waals surface area contributed by atoms with Gasteiger partial charge in [0.15, 0.2) is 5.79 Å². The maximum Gasteiger partial charge on any atom is 0.414 e. The molecule has 1 N–H and O–H groups in total. The molecule has 240 valence electrons. The van der Waals surface area contributed by atoms with Crippen LogP contribution in [0.15, 0.2) is 30.4 Å². The predicted octanol–water partition coefficient (Wildman–Crippen LogP) is 7.26. The molecule has 3 rings (SSSR count). The van der Waals surface area contributed by atoms with Crippen molar-refractivity contribution in [2.24, 2.45) is 11.8 Å². The zero-order valence-corrected chi connectivity index (χ0v) is 27.7. The summed E-state index contributed by atoms with van der Waals surface area (Å²) in [6.45, 7) is 20.8. The zero-order chi connectivity index (χ0) is 32.3. The molecule has 0 aromatic heterocycles. The van der Waals surface area contributed by atoms with Crippen molar-refractivity contribution in [1.29, 1.82) is 0 Å². The topological polar surface area (TPSA) is 104 Å². The molecule has 43 heavy (non-hydrogen) atoms. The van der Waals surface area contributed by atoms with E-state index < -0.39 is 35.3 Å². The molecule has 9 nitrogen and oxygen atoms in total. The normalized spacial score (nSPS) is 23.4. The summed E-state index contributed by atoms with van der Waals surface area (Å²) < 4.78 is 29.8. The Morgan fingerprint density at radius 2 is 1.74 bits per heavy atom. The molecule has 0 radical (unpaired) electrons. The molecular weight excluding hydrogens is 550 g/mol. The van der Waals surface area contributed by atoms with Crippen molar-refractivity contribution >= 4 is 23.8 Å². The highest BCUT2D eigenvalue weighted by Gasteiger charge is 2.43. The third-order valence-corrected chi connectivity index (χ3v) is 7.27. The van der Waals surface area contributed by atoms with Crippen molar-refractivity contribution in [3.05, 3.63) is 41.5 Å². The molecule has 2 aliphatic heterocycles. The SMILES string of the molecule is CCCN(C(=O)OC(C)(C)C)c1cc(/C=C/C[C@@H]2OC(C)(C)O[C@@H]2[C@H](C)/C=C\[C@@H](C)[C@H](C)O)c2c(c1)OC(C)(C)OC2=O. The highest BCUT2D eigenvalue weighted by atomic mass is 16.8. The van der Waals surface area contributed by atoms with Crippen LogP contribution in [0, 0.1) is 11.8 Å². The first kappa shape index (κ1) is 34.6. The number of ether oxygens (including phenoxy) is 5. The summed E-state index contributed by atoms with van der Waals surface area (Å²) >= 11 is 0. The van der Waals surface area contributed by atoms with Crippen LogP contribution >= 0.6 is 0 Å². The summed E-state index contributed by atoms with van der Waals surface area (Å²) in [7, 11) is 0. The minimum Gasteiger partial charge on any atom is -0.452 e. The van der Waals surface area contributed by atoms with E-state index in [0.717, 1.165) is 0 Å². The van der Waals surface area contributed by atoms with E-state index in [-0.39, 0.29) is 24.0 Å². The van der Waals surface area contributed by atoms with Crippen LogP contribution in [0.5, 0.6) is 5.75 Å². The number of amides is 1. The Hall–Kier alpha value is -2.88. The molecule has 1 amide bonds. The first-order valence-electron chi connectivity index (χ1n) is 15.3. The van der Waals surface area contributed by atoms with Gasteiger partial charge in [0, 0.05) is 32.4 Å². The molecule has 9 heteroatoms. The Morgan fingerprint density at radius 3 is 2.35 bits per heavy atom. The molecule has 2 heterocycles. The lowest BCUT2D eigenvalue weighted by Gasteiger charge is -2.34. The van der Waals surface area contributed by atoms with E-state index >= 15 is 0 Å². The van der Waals surface area contributed by atoms with E-state index in [1.807, 2.05) is 66.7 Å². The van der Waals surface area contributed by atoms with Crippen LogP contribution in [0.1, 0.15) is 105 Å². The molecule has 0 spiro atoms. The van der Waals surface area contributed by atoms with Gasteiger partial charge in [0.05, 0.1) is 24.0 Å². The number of cyclic esters (lactones) is 1. The highest BCUT2D eigenvalue weighted by Crippen LogP contribution is 2.39. The average molecular weight is 602 g/mol. The molecule has 0 bridgehead atoms. The Labute approximate surface area is 257 Å². The van der Waals surface area contributed by atoms with Crippen molar-refractivity contribution < 1.29 is 38.4 Å². The number of hydrogen-bond donors (Lipinski definition) is 1. The maximum absolute atomic E-state index is 13.2. The largest absolute Gasteiger partial charge is 0.452 e. The average Bonchev–Trinajstić information content (AvgIpc) is 3.17. The Morgan fingerprint density at radius 1 is 1.07 bits per heavy atom. The minimum absolute atomic E-state index is 0.0227. The third kappa shape index (κ3) is 9.30. The van der Waals surface area contributed by atoms with Gasteiger partial charge in [-0.3, -0.25) is 4.90 Å². The molecule has 2 aliphatic rings. The molecular formula is C34H51NO8. The standard InChI is InChI=1S/C34H51NO8/c1-12-18-35(31(38)43-32(5,6)7)25-19-24(28-27(20-25)40-34(10,11)42-30(28)37)14-13-15-26-29(41-33(8,9)39-26)22(3)17-16-21(2)23(4)36/h13-14,16-17,19-23,26,29,36H,12,15,18H2,1-11H3/b14-13+,17-16-/t21-,22-,23+,26+,29-/m1/s1. The van der Waals surface area contributed by atoms with Gasteiger partial charge in [0.1, 0.15) is 16.9 Å². The Bertz CT molecular complexity index is 1210. The Balaban J connectivity index is 1.96. The Kier molecular flexibility index (Phi) is 10.8. The number of benzene rings is 1. The number of nitrogens with zero attached hydrogens (tertiary/aromatic N) is 1. The van der Waals surface area contributed by atoms with Gasteiger partial charge in [-0.2, -0.15) is 0 Å². The highest BCUT2D eigenvalue weighted by molar-refractivity contribution is 6.00. The fourth-order valence-electron chi connectivity index (χ4n) is 5.08. The lowest BCUT2D eigenvalue weighted by molar-refractivity contribution is -0.148. The van der Waals surface area contributed by atoms with Gasteiger partial charge in [-0.25, -0.2) is 9.59 Å². The van der Waals surface area contributed by atoms with Crippen LogP contribution < -0.4 is 9.64 Å². The first-order chi connectivity index (χ1) is 19.8. The number of carbonyl (C=O) groups excluding carboxylic acids is 2. The van der Waals surface area contributed by atoms with Gasteiger partial charge in [-0.1, -0.05) is 45.1 Å². The fraction of sp³-hybridized carbons (Fsp3) is 0.647. The van der Waals surface area contributed by atoms with Crippen molar-refractivity contribution in [3.63, 3.8) is 0 Å². The minimum atomic E-state index is -1.16. The van der Waals surface area contributed by atoms with E-state index in [2.05, 4.69) is 13.0 Å². The monoisotopic (exact) mass is 601 g/mol. The van der Waals surface area contributed by atoms with E-state index in [4.69, 9.17) is 23.7 Å². The number of hydrogen-bond acceptors (Lipinski definition) is 8. The third-order valence-electron chi connectivity index (χ3n) is 7.27. The molecule has 1 fully saturated rings. The van der Waals surface area contributed by atoms with Crippen LogP contribution in [0.4, 0.5) is 10.5 Å². The maximum atomic E-state index is 13.2. The summed E-state index contributed by atoms with van der Waals surface area (Å²) in [4.78, 5) is 27.9. The predicted molar refractivity (Wildman–Crippen MR) is 167 cm³/mol. The second-order valence-corrected chi connectivity index (χ2v) is 13.6. The smallest absolute Gasteiger partial charge is 0.414 e. The summed E-state index contributed by atoms with van der Waals surface area (Å²) in [5, 5.41) is 9.87. The zero-order valence-electron chi connectivity index (χ0n) is 27.7. The quantitative estimate of drug-likeness (QED) is 0.221. The van der Waals surface area contributed by atoms with Gasteiger partial charge in [0.2, 0.25) is 5.79 Å². The van der Waals surface area contributed by atoms with Crippen LogP contribution in [-0.4, -0.2) is 59.2 Å². The van der Waals surface area contributed by atoms with Gasteiger partial charge < -0.3 is 28.8 Å². The molecule has 0 saturated carbocycles.